The van der Waals surface area contributed by atoms with Crippen LogP contribution in [0.15, 0.2) is 60.6 Å². The lowest BCUT2D eigenvalue weighted by Gasteiger charge is -2.27. The van der Waals surface area contributed by atoms with E-state index >= 15 is 0 Å². The van der Waals surface area contributed by atoms with Crippen molar-refractivity contribution in [3.8, 4) is 0 Å². The number of halogens is 3. The van der Waals surface area contributed by atoms with E-state index in [1.54, 1.807) is 18.3 Å². The first-order chi connectivity index (χ1) is 14.8. The van der Waals surface area contributed by atoms with Gasteiger partial charge in [-0.1, -0.05) is 6.07 Å². The molecule has 1 atom stereocenters. The van der Waals surface area contributed by atoms with E-state index in [-0.39, 0.29) is 23.7 Å². The molecule has 0 radical (unpaired) electrons. The second-order valence-electron chi connectivity index (χ2n) is 7.91. The number of alkyl halides is 3. The third kappa shape index (κ3) is 4.88. The van der Waals surface area contributed by atoms with Crippen molar-refractivity contribution in [2.75, 3.05) is 5.01 Å². The van der Waals surface area contributed by atoms with Gasteiger partial charge in [-0.05, 0) is 67.7 Å². The van der Waals surface area contributed by atoms with Crippen LogP contribution in [0.4, 0.5) is 18.9 Å². The molecule has 9 heteroatoms. The topological polar surface area (TPSA) is 83.3 Å². The highest BCUT2D eigenvalue weighted by molar-refractivity contribution is 5.94. The minimum Gasteiger partial charge on any atom is -0.349 e. The maximum atomic E-state index is 13.6. The summed E-state index contributed by atoms with van der Waals surface area (Å²) < 4.78 is 40.9. The van der Waals surface area contributed by atoms with Crippen LogP contribution in [0.2, 0.25) is 0 Å². The Morgan fingerprint density at radius 1 is 1.13 bits per heavy atom. The van der Waals surface area contributed by atoms with E-state index in [2.05, 4.69) is 15.7 Å². The maximum Gasteiger partial charge on any atom is 0.432 e. The van der Waals surface area contributed by atoms with Crippen molar-refractivity contribution in [1.82, 2.24) is 15.7 Å². The number of aromatic nitrogens is 1. The largest absolute Gasteiger partial charge is 0.432 e. The molecule has 4 rings (SSSR count). The Balaban J connectivity index is 1.48. The van der Waals surface area contributed by atoms with Crippen molar-refractivity contribution in [3.05, 3.63) is 71.7 Å². The molecule has 4 N–H and O–H groups in total. The zero-order chi connectivity index (χ0) is 22.0. The molecular formula is C22H24F3N5O. The molecule has 31 heavy (non-hydrogen) atoms. The van der Waals surface area contributed by atoms with Gasteiger partial charge in [0.25, 0.3) is 5.91 Å². The standard InChI is InChI=1S/C22H24F3N5O/c23-22(24,25)20-12-19(15-2-1-11-27-13-15)29-30(20)18-9-3-14(4-10-18)21(31)28-17-7-5-16(26)6-8-17/h1-4,9-13,16-17,19,29H,5-8,26H2,(H,28,31). The summed E-state index contributed by atoms with van der Waals surface area (Å²) in [6, 6.07) is 9.06. The van der Waals surface area contributed by atoms with E-state index in [0.29, 0.717) is 11.1 Å². The lowest BCUT2D eigenvalue weighted by molar-refractivity contribution is -0.0931. The highest BCUT2D eigenvalue weighted by atomic mass is 19.4. The Bertz CT molecular complexity index is 938. The number of nitrogens with two attached hydrogens (primary N) is 1. The number of hydrogen-bond acceptors (Lipinski definition) is 5. The highest BCUT2D eigenvalue weighted by Gasteiger charge is 2.43. The number of amides is 1. The molecule has 1 aliphatic carbocycles. The van der Waals surface area contributed by atoms with E-state index in [9.17, 15) is 18.0 Å². The van der Waals surface area contributed by atoms with Gasteiger partial charge in [0.1, 0.15) is 5.70 Å². The van der Waals surface area contributed by atoms with Crippen molar-refractivity contribution < 1.29 is 18.0 Å². The molecule has 1 aliphatic heterocycles. The van der Waals surface area contributed by atoms with Gasteiger partial charge in [-0.3, -0.25) is 14.8 Å². The van der Waals surface area contributed by atoms with Crippen LogP contribution in [0.25, 0.3) is 0 Å². The third-order valence-electron chi connectivity index (χ3n) is 5.66. The minimum atomic E-state index is -4.54. The molecule has 1 fully saturated rings. The molecule has 1 unspecified atom stereocenters. The number of allylic oxidation sites excluding steroid dienone is 1. The molecule has 2 heterocycles. The minimum absolute atomic E-state index is 0.0761. The first-order valence-corrected chi connectivity index (χ1v) is 10.2. The van der Waals surface area contributed by atoms with Crippen molar-refractivity contribution in [2.24, 2.45) is 5.73 Å². The monoisotopic (exact) mass is 431 g/mol. The van der Waals surface area contributed by atoms with Gasteiger partial charge in [0.15, 0.2) is 0 Å². The van der Waals surface area contributed by atoms with Gasteiger partial charge in [-0.15, -0.1) is 0 Å². The molecule has 0 bridgehead atoms. The van der Waals surface area contributed by atoms with Gasteiger partial charge in [0.2, 0.25) is 0 Å². The normalized spacial score (nSPS) is 24.1. The second kappa shape index (κ2) is 8.68. The van der Waals surface area contributed by atoms with Gasteiger partial charge in [-0.25, -0.2) is 5.43 Å². The third-order valence-corrected chi connectivity index (χ3v) is 5.66. The molecule has 164 valence electrons. The Hall–Kier alpha value is -2.91. The fourth-order valence-corrected chi connectivity index (χ4v) is 3.94. The summed E-state index contributed by atoms with van der Waals surface area (Å²) in [4.78, 5) is 16.5. The Morgan fingerprint density at radius 2 is 1.84 bits per heavy atom. The first kappa shape index (κ1) is 21.3. The van der Waals surface area contributed by atoms with Gasteiger partial charge in [0.05, 0.1) is 11.7 Å². The smallest absolute Gasteiger partial charge is 0.349 e. The van der Waals surface area contributed by atoms with E-state index in [1.807, 2.05) is 0 Å². The van der Waals surface area contributed by atoms with Crippen LogP contribution in [0, 0.1) is 0 Å². The number of pyridine rings is 1. The van der Waals surface area contributed by atoms with Gasteiger partial charge in [-0.2, -0.15) is 13.2 Å². The summed E-state index contributed by atoms with van der Waals surface area (Å²) >= 11 is 0. The number of carbonyl (C=O) groups is 1. The van der Waals surface area contributed by atoms with E-state index < -0.39 is 17.9 Å². The van der Waals surface area contributed by atoms with Crippen molar-refractivity contribution in [3.63, 3.8) is 0 Å². The predicted molar refractivity (Wildman–Crippen MR) is 111 cm³/mol. The molecule has 6 nitrogen and oxygen atoms in total. The molecule has 1 aromatic carbocycles. The van der Waals surface area contributed by atoms with Crippen LogP contribution in [0.5, 0.6) is 0 Å². The second-order valence-corrected chi connectivity index (χ2v) is 7.91. The number of carbonyl (C=O) groups excluding carboxylic acids is 1. The average Bonchev–Trinajstić information content (AvgIpc) is 3.22. The number of anilines is 1. The van der Waals surface area contributed by atoms with E-state index in [0.717, 1.165) is 36.8 Å². The summed E-state index contributed by atoms with van der Waals surface area (Å²) in [5.74, 6) is -0.235. The molecule has 0 saturated heterocycles. The van der Waals surface area contributed by atoms with Crippen LogP contribution in [0.3, 0.4) is 0 Å². The van der Waals surface area contributed by atoms with Crippen molar-refractivity contribution in [1.29, 1.82) is 0 Å². The average molecular weight is 431 g/mol. The number of hydrazine groups is 1. The Morgan fingerprint density at radius 3 is 2.45 bits per heavy atom. The number of rotatable bonds is 4. The van der Waals surface area contributed by atoms with Crippen molar-refractivity contribution >= 4 is 11.6 Å². The van der Waals surface area contributed by atoms with Crippen LogP contribution < -0.4 is 21.5 Å². The Labute approximate surface area is 178 Å². The van der Waals surface area contributed by atoms with Gasteiger partial charge >= 0.3 is 6.18 Å². The maximum absolute atomic E-state index is 13.6. The van der Waals surface area contributed by atoms with Crippen LogP contribution in [-0.2, 0) is 0 Å². The number of benzene rings is 1. The quantitative estimate of drug-likeness (QED) is 0.689. The molecule has 2 aromatic rings. The van der Waals surface area contributed by atoms with Crippen LogP contribution in [-0.4, -0.2) is 29.2 Å². The van der Waals surface area contributed by atoms with Gasteiger partial charge in [0, 0.05) is 30.0 Å². The van der Waals surface area contributed by atoms with E-state index in [1.165, 1.54) is 30.5 Å². The zero-order valence-corrected chi connectivity index (χ0v) is 16.8. The lowest BCUT2D eigenvalue weighted by Crippen LogP contribution is -2.40. The van der Waals surface area contributed by atoms with Gasteiger partial charge < -0.3 is 11.1 Å². The number of nitrogens with one attached hydrogen (secondary N) is 2. The van der Waals surface area contributed by atoms with E-state index in [4.69, 9.17) is 5.73 Å². The SMILES string of the molecule is NC1CCC(NC(=O)c2ccc(N3NC(c4cccnc4)C=C3C(F)(F)F)cc2)CC1. The fraction of sp³-hybridized carbons (Fsp3) is 0.364. The summed E-state index contributed by atoms with van der Waals surface area (Å²) in [5, 5.41) is 3.99. The first-order valence-electron chi connectivity index (χ1n) is 10.2. The molecule has 1 aromatic heterocycles. The zero-order valence-electron chi connectivity index (χ0n) is 16.8. The number of nitrogens with zero attached hydrogens (tertiary/aromatic N) is 2. The summed E-state index contributed by atoms with van der Waals surface area (Å²) in [7, 11) is 0. The summed E-state index contributed by atoms with van der Waals surface area (Å²) in [6.07, 6.45) is 3.08. The summed E-state index contributed by atoms with van der Waals surface area (Å²) in [6.45, 7) is 0. The van der Waals surface area contributed by atoms with Crippen molar-refractivity contribution in [2.45, 2.75) is 50.0 Å². The Kier molecular flexibility index (Phi) is 5.97. The molecular weight excluding hydrogens is 407 g/mol. The number of hydrogen-bond donors (Lipinski definition) is 3. The van der Waals surface area contributed by atoms with Crippen LogP contribution in [0.1, 0.15) is 47.6 Å². The molecule has 0 spiro atoms. The highest BCUT2D eigenvalue weighted by Crippen LogP contribution is 2.38. The fourth-order valence-electron chi connectivity index (χ4n) is 3.94. The molecule has 2 aliphatic rings. The predicted octanol–water partition coefficient (Wildman–Crippen LogP) is 3.59. The summed E-state index contributed by atoms with van der Waals surface area (Å²) in [5.41, 5.74) is 9.26. The molecule has 1 saturated carbocycles. The molecule has 1 amide bonds. The lowest BCUT2D eigenvalue weighted by atomic mass is 9.91. The van der Waals surface area contributed by atoms with Crippen LogP contribution >= 0.6 is 0 Å².